The van der Waals surface area contributed by atoms with Crippen LogP contribution >= 0.6 is 35.2 Å². The summed E-state index contributed by atoms with van der Waals surface area (Å²) >= 11 is 13.1. The summed E-state index contributed by atoms with van der Waals surface area (Å²) in [6.07, 6.45) is 6.72. The maximum absolute atomic E-state index is 12.5. The van der Waals surface area contributed by atoms with Crippen molar-refractivity contribution in [1.82, 2.24) is 15.1 Å². The molecule has 1 aliphatic rings. The molecule has 0 saturated carbocycles. The number of nitrogens with one attached hydrogen (secondary N) is 2. The van der Waals surface area contributed by atoms with Crippen LogP contribution in [0.2, 0.25) is 5.02 Å². The highest BCUT2D eigenvalue weighted by molar-refractivity contribution is 7.80. The zero-order chi connectivity index (χ0) is 20.1. The Morgan fingerprint density at radius 2 is 2.21 bits per heavy atom. The summed E-state index contributed by atoms with van der Waals surface area (Å²) in [5.74, 6) is -0.266. The molecule has 0 saturated heterocycles. The first kappa shape index (κ1) is 21.1. The van der Waals surface area contributed by atoms with E-state index in [9.17, 15) is 4.79 Å². The highest BCUT2D eigenvalue weighted by Crippen LogP contribution is 2.38. The molecule has 0 aliphatic heterocycles. The zero-order valence-corrected chi connectivity index (χ0v) is 18.5. The predicted octanol–water partition coefficient (Wildman–Crippen LogP) is 4.34. The van der Waals surface area contributed by atoms with E-state index in [2.05, 4.69) is 15.7 Å². The topological polar surface area (TPSA) is 68.2 Å². The number of thiophene rings is 1. The molecule has 2 heterocycles. The summed E-state index contributed by atoms with van der Waals surface area (Å²) in [4.78, 5) is 13.8. The minimum absolute atomic E-state index is 0.266. The van der Waals surface area contributed by atoms with Crippen LogP contribution in [0, 0.1) is 6.92 Å². The first-order valence-corrected chi connectivity index (χ1v) is 11.2. The smallest absolute Gasteiger partial charge is 0.341 e. The number of rotatable bonds is 7. The lowest BCUT2D eigenvalue weighted by Gasteiger charge is -2.13. The highest BCUT2D eigenvalue weighted by atomic mass is 35.5. The van der Waals surface area contributed by atoms with Gasteiger partial charge in [0.05, 0.1) is 29.1 Å². The maximum atomic E-state index is 12.5. The third-order valence-corrected chi connectivity index (χ3v) is 6.58. The average Bonchev–Trinajstić information content (AvgIpc) is 3.19. The fraction of sp³-hybridized carbons (Fsp3) is 0.526. The van der Waals surface area contributed by atoms with Crippen molar-refractivity contribution in [2.75, 3.05) is 18.5 Å². The van der Waals surface area contributed by atoms with Crippen molar-refractivity contribution in [3.8, 4) is 0 Å². The highest BCUT2D eigenvalue weighted by Gasteiger charge is 2.26. The third kappa shape index (κ3) is 4.85. The van der Waals surface area contributed by atoms with Gasteiger partial charge >= 0.3 is 5.97 Å². The number of anilines is 1. The van der Waals surface area contributed by atoms with E-state index >= 15 is 0 Å². The Labute approximate surface area is 179 Å². The van der Waals surface area contributed by atoms with Gasteiger partial charge in [0.15, 0.2) is 5.11 Å². The van der Waals surface area contributed by atoms with E-state index in [0.29, 0.717) is 28.9 Å². The Morgan fingerprint density at radius 3 is 2.93 bits per heavy atom. The van der Waals surface area contributed by atoms with Crippen molar-refractivity contribution < 1.29 is 9.53 Å². The Balaban J connectivity index is 1.58. The van der Waals surface area contributed by atoms with Crippen molar-refractivity contribution in [2.24, 2.45) is 0 Å². The number of fused-ring (bicyclic) bond motifs is 1. The molecule has 0 bridgehead atoms. The molecule has 6 nitrogen and oxygen atoms in total. The number of aryl methyl sites for hydroxylation is 2. The fourth-order valence-corrected chi connectivity index (χ4v) is 4.99. The van der Waals surface area contributed by atoms with Gasteiger partial charge < -0.3 is 15.4 Å². The lowest BCUT2D eigenvalue weighted by Crippen LogP contribution is -2.30. The predicted molar refractivity (Wildman–Crippen MR) is 118 cm³/mol. The van der Waals surface area contributed by atoms with Crippen molar-refractivity contribution in [3.05, 3.63) is 32.9 Å². The summed E-state index contributed by atoms with van der Waals surface area (Å²) in [6, 6.07) is 0. The van der Waals surface area contributed by atoms with E-state index in [1.165, 1.54) is 4.88 Å². The van der Waals surface area contributed by atoms with Crippen LogP contribution in [-0.4, -0.2) is 34.0 Å². The minimum atomic E-state index is -0.266. The second-order valence-electron chi connectivity index (χ2n) is 6.67. The molecule has 28 heavy (non-hydrogen) atoms. The number of halogens is 1. The first-order chi connectivity index (χ1) is 13.5. The number of carbonyl (C=O) groups is 1. The van der Waals surface area contributed by atoms with Gasteiger partial charge in [0.25, 0.3) is 0 Å². The van der Waals surface area contributed by atoms with E-state index in [-0.39, 0.29) is 5.97 Å². The number of nitrogens with zero attached hydrogens (tertiary/aromatic N) is 2. The Bertz CT molecular complexity index is 862. The molecular weight excluding hydrogens is 416 g/mol. The van der Waals surface area contributed by atoms with Crippen LogP contribution in [0.15, 0.2) is 6.20 Å². The molecule has 2 aromatic rings. The number of aromatic nitrogens is 2. The van der Waals surface area contributed by atoms with Gasteiger partial charge in [-0.1, -0.05) is 11.6 Å². The summed E-state index contributed by atoms with van der Waals surface area (Å²) in [7, 11) is 0. The average molecular weight is 441 g/mol. The molecule has 3 rings (SSSR count). The van der Waals surface area contributed by atoms with Crippen molar-refractivity contribution in [1.29, 1.82) is 0 Å². The Hall–Kier alpha value is -1.64. The molecule has 0 unspecified atom stereocenters. The van der Waals surface area contributed by atoms with Crippen LogP contribution in [-0.2, 0) is 24.1 Å². The molecule has 9 heteroatoms. The Morgan fingerprint density at radius 1 is 1.43 bits per heavy atom. The number of thiocarbonyl (C=S) groups is 1. The zero-order valence-electron chi connectivity index (χ0n) is 16.1. The van der Waals surface area contributed by atoms with Crippen LogP contribution in [0.4, 0.5) is 5.00 Å². The van der Waals surface area contributed by atoms with E-state index in [1.54, 1.807) is 17.5 Å². The number of esters is 1. The molecule has 0 fully saturated rings. The van der Waals surface area contributed by atoms with Crippen molar-refractivity contribution >= 4 is 51.2 Å². The van der Waals surface area contributed by atoms with Crippen LogP contribution in [0.25, 0.3) is 0 Å². The van der Waals surface area contributed by atoms with Gasteiger partial charge in [-0.2, -0.15) is 5.10 Å². The van der Waals surface area contributed by atoms with Gasteiger partial charge in [0.2, 0.25) is 0 Å². The summed E-state index contributed by atoms with van der Waals surface area (Å²) in [5, 5.41) is 12.6. The van der Waals surface area contributed by atoms with Gasteiger partial charge in [-0.25, -0.2) is 4.79 Å². The molecule has 2 aromatic heterocycles. The monoisotopic (exact) mass is 440 g/mol. The fourth-order valence-electron chi connectivity index (χ4n) is 3.30. The molecule has 0 spiro atoms. The quantitative estimate of drug-likeness (QED) is 0.379. The molecule has 152 valence electrons. The van der Waals surface area contributed by atoms with E-state index < -0.39 is 0 Å². The SMILES string of the molecule is CCOC(=O)c1c(NC(=S)NCCCn2ncc(Cl)c2C)sc2c1CCCC2. The largest absolute Gasteiger partial charge is 0.462 e. The van der Waals surface area contributed by atoms with Crippen LogP contribution in [0.1, 0.15) is 52.7 Å². The Kier molecular flexibility index (Phi) is 7.31. The molecule has 0 amide bonds. The lowest BCUT2D eigenvalue weighted by atomic mass is 9.95. The van der Waals surface area contributed by atoms with Gasteiger partial charge in [0, 0.05) is 18.0 Å². The molecular formula is C19H25ClN4O2S2. The van der Waals surface area contributed by atoms with Crippen molar-refractivity contribution in [2.45, 2.75) is 52.5 Å². The summed E-state index contributed by atoms with van der Waals surface area (Å²) in [5.41, 5.74) is 2.75. The number of carbonyl (C=O) groups excluding carboxylic acids is 1. The van der Waals surface area contributed by atoms with Crippen LogP contribution in [0.3, 0.4) is 0 Å². The molecule has 1 aliphatic carbocycles. The molecule has 0 radical (unpaired) electrons. The van der Waals surface area contributed by atoms with E-state index in [0.717, 1.165) is 54.9 Å². The lowest BCUT2D eigenvalue weighted by molar-refractivity contribution is 0.0526. The van der Waals surface area contributed by atoms with E-state index in [4.69, 9.17) is 28.6 Å². The molecule has 0 aromatic carbocycles. The third-order valence-electron chi connectivity index (χ3n) is 4.75. The van der Waals surface area contributed by atoms with Crippen LogP contribution < -0.4 is 10.6 Å². The van der Waals surface area contributed by atoms with E-state index in [1.807, 2.05) is 18.5 Å². The van der Waals surface area contributed by atoms with Gasteiger partial charge in [-0.05, 0) is 63.7 Å². The van der Waals surface area contributed by atoms with Crippen molar-refractivity contribution in [3.63, 3.8) is 0 Å². The van der Waals surface area contributed by atoms with Gasteiger partial charge in [-0.3, -0.25) is 4.68 Å². The first-order valence-electron chi connectivity index (χ1n) is 9.55. The maximum Gasteiger partial charge on any atom is 0.341 e. The second-order valence-corrected chi connectivity index (χ2v) is 8.59. The van der Waals surface area contributed by atoms with Crippen LogP contribution in [0.5, 0.6) is 0 Å². The number of hydrogen-bond acceptors (Lipinski definition) is 5. The second kappa shape index (κ2) is 9.71. The number of ether oxygens (including phenoxy) is 1. The molecule has 0 atom stereocenters. The minimum Gasteiger partial charge on any atom is -0.462 e. The summed E-state index contributed by atoms with van der Waals surface area (Å²) in [6.45, 7) is 5.59. The van der Waals surface area contributed by atoms with Gasteiger partial charge in [-0.15, -0.1) is 11.3 Å². The van der Waals surface area contributed by atoms with Gasteiger partial charge in [0.1, 0.15) is 5.00 Å². The molecule has 2 N–H and O–H groups in total. The number of hydrogen-bond donors (Lipinski definition) is 2. The normalized spacial score (nSPS) is 13.1. The summed E-state index contributed by atoms with van der Waals surface area (Å²) < 4.78 is 7.16. The standard InChI is InChI=1S/C19H25ClN4O2S2/c1-3-26-18(25)16-13-7-4-5-8-15(13)28-17(16)23-19(27)21-9-6-10-24-12(2)14(20)11-22-24/h11H,3-10H2,1-2H3,(H2,21,23,27).